The van der Waals surface area contributed by atoms with Gasteiger partial charge in [-0.15, -0.1) is 0 Å². The van der Waals surface area contributed by atoms with Crippen LogP contribution in [0.3, 0.4) is 0 Å². The zero-order valence-electron chi connectivity index (χ0n) is 9.87. The van der Waals surface area contributed by atoms with Crippen molar-refractivity contribution in [2.24, 2.45) is 5.73 Å². The molecule has 0 spiro atoms. The van der Waals surface area contributed by atoms with Crippen molar-refractivity contribution < 1.29 is 0 Å². The van der Waals surface area contributed by atoms with Crippen LogP contribution in [0.15, 0.2) is 24.8 Å². The van der Waals surface area contributed by atoms with Crippen LogP contribution in [0.25, 0.3) is 22.1 Å². The van der Waals surface area contributed by atoms with E-state index in [-0.39, 0.29) is 6.04 Å². The average Bonchev–Trinajstić information content (AvgIpc) is 3.03. The van der Waals surface area contributed by atoms with Crippen molar-refractivity contribution in [2.75, 3.05) is 18.1 Å². The van der Waals surface area contributed by atoms with Crippen LogP contribution in [-0.2, 0) is 0 Å². The number of imidazole rings is 1. The maximum atomic E-state index is 5.97. The Labute approximate surface area is 103 Å². The summed E-state index contributed by atoms with van der Waals surface area (Å²) in [6.45, 7) is 1.85. The molecule has 3 N–H and O–H groups in total. The third kappa shape index (κ3) is 1.26. The second-order valence-electron chi connectivity index (χ2n) is 4.78. The Balaban J connectivity index is 1.97. The summed E-state index contributed by atoms with van der Waals surface area (Å²) < 4.78 is 2.11. The minimum Gasteiger partial charge on any atom is -0.346 e. The fourth-order valence-electron chi connectivity index (χ4n) is 2.67. The molecule has 0 saturated carbocycles. The second-order valence-corrected chi connectivity index (χ2v) is 4.78. The third-order valence-electron chi connectivity index (χ3n) is 3.58. The van der Waals surface area contributed by atoms with E-state index in [1.807, 2.05) is 18.6 Å². The summed E-state index contributed by atoms with van der Waals surface area (Å²) in [6.07, 6.45) is 6.60. The monoisotopic (exact) mass is 242 g/mol. The lowest BCUT2D eigenvalue weighted by Gasteiger charge is -2.20. The van der Waals surface area contributed by atoms with Crippen molar-refractivity contribution in [2.45, 2.75) is 12.5 Å². The SMILES string of the molecule is NC1CCN(n2cnc3cnc4[nH]ccc4c32)C1. The molecule has 1 atom stereocenters. The molecule has 3 aromatic rings. The van der Waals surface area contributed by atoms with Crippen LogP contribution in [0.4, 0.5) is 0 Å². The summed E-state index contributed by atoms with van der Waals surface area (Å²) in [5, 5.41) is 3.34. The van der Waals surface area contributed by atoms with Gasteiger partial charge in [-0.05, 0) is 12.5 Å². The van der Waals surface area contributed by atoms with Gasteiger partial charge in [0.05, 0.1) is 6.20 Å². The number of H-pyrrole nitrogens is 1. The van der Waals surface area contributed by atoms with E-state index in [0.717, 1.165) is 41.6 Å². The molecule has 3 aromatic heterocycles. The van der Waals surface area contributed by atoms with E-state index in [4.69, 9.17) is 5.73 Å². The lowest BCUT2D eigenvalue weighted by atomic mass is 10.3. The number of fused-ring (bicyclic) bond motifs is 3. The van der Waals surface area contributed by atoms with Gasteiger partial charge in [-0.3, -0.25) is 0 Å². The molecule has 4 heterocycles. The molecule has 6 heteroatoms. The number of aromatic amines is 1. The maximum absolute atomic E-state index is 5.97. The smallest absolute Gasteiger partial charge is 0.139 e. The quantitative estimate of drug-likeness (QED) is 0.654. The summed E-state index contributed by atoms with van der Waals surface area (Å²) in [5.74, 6) is 0. The molecular formula is C12H14N6. The maximum Gasteiger partial charge on any atom is 0.139 e. The van der Waals surface area contributed by atoms with Crippen molar-refractivity contribution >= 4 is 22.1 Å². The fourth-order valence-corrected chi connectivity index (χ4v) is 2.67. The molecule has 18 heavy (non-hydrogen) atoms. The molecule has 92 valence electrons. The van der Waals surface area contributed by atoms with E-state index in [1.54, 1.807) is 6.20 Å². The van der Waals surface area contributed by atoms with Crippen molar-refractivity contribution in [1.82, 2.24) is 19.6 Å². The number of aromatic nitrogens is 4. The van der Waals surface area contributed by atoms with Crippen LogP contribution in [0.2, 0.25) is 0 Å². The standard InChI is InChI=1S/C12H14N6/c13-8-2-4-17(6-8)18-7-16-10-5-15-12-9(11(10)18)1-3-14-12/h1,3,5,7-8H,2,4,6,13H2,(H,14,15). The molecule has 1 aliphatic heterocycles. The Morgan fingerprint density at radius 2 is 2.33 bits per heavy atom. The van der Waals surface area contributed by atoms with Crippen LogP contribution < -0.4 is 10.7 Å². The molecular weight excluding hydrogens is 228 g/mol. The Hall–Kier alpha value is -2.08. The highest BCUT2D eigenvalue weighted by Gasteiger charge is 2.21. The van der Waals surface area contributed by atoms with Crippen molar-refractivity contribution in [3.05, 3.63) is 24.8 Å². The van der Waals surface area contributed by atoms with Gasteiger partial charge in [0.25, 0.3) is 0 Å². The topological polar surface area (TPSA) is 75.8 Å². The van der Waals surface area contributed by atoms with Gasteiger partial charge in [0.1, 0.15) is 23.0 Å². The fraction of sp³-hybridized carbons (Fsp3) is 0.333. The van der Waals surface area contributed by atoms with Gasteiger partial charge in [0.2, 0.25) is 0 Å². The first kappa shape index (κ1) is 9.90. The molecule has 0 aliphatic carbocycles. The summed E-state index contributed by atoms with van der Waals surface area (Å²) in [7, 11) is 0. The molecule has 0 radical (unpaired) electrons. The van der Waals surface area contributed by atoms with Crippen LogP contribution in [0.5, 0.6) is 0 Å². The third-order valence-corrected chi connectivity index (χ3v) is 3.58. The summed E-state index contributed by atoms with van der Waals surface area (Å²) in [4.78, 5) is 11.9. The zero-order chi connectivity index (χ0) is 12.1. The summed E-state index contributed by atoms with van der Waals surface area (Å²) in [5.41, 5.74) is 8.90. The van der Waals surface area contributed by atoms with Crippen LogP contribution in [-0.4, -0.2) is 38.8 Å². The minimum atomic E-state index is 0.256. The van der Waals surface area contributed by atoms with E-state index in [1.165, 1.54) is 0 Å². The van der Waals surface area contributed by atoms with E-state index in [0.29, 0.717) is 0 Å². The van der Waals surface area contributed by atoms with E-state index in [9.17, 15) is 0 Å². The predicted molar refractivity (Wildman–Crippen MR) is 69.9 cm³/mol. The number of hydrogen-bond donors (Lipinski definition) is 2. The van der Waals surface area contributed by atoms with Gasteiger partial charge >= 0.3 is 0 Å². The number of nitrogens with zero attached hydrogens (tertiary/aromatic N) is 4. The van der Waals surface area contributed by atoms with Crippen LogP contribution in [0.1, 0.15) is 6.42 Å². The molecule has 0 amide bonds. The Kier molecular flexibility index (Phi) is 1.90. The number of hydrogen-bond acceptors (Lipinski definition) is 4. The Morgan fingerprint density at radius 3 is 3.17 bits per heavy atom. The van der Waals surface area contributed by atoms with Gasteiger partial charge in [-0.1, -0.05) is 0 Å². The normalized spacial score (nSPS) is 20.3. The predicted octanol–water partition coefficient (Wildman–Crippen LogP) is 0.582. The zero-order valence-corrected chi connectivity index (χ0v) is 9.87. The molecule has 4 rings (SSSR count). The van der Waals surface area contributed by atoms with Gasteiger partial charge in [-0.25, -0.2) is 14.6 Å². The Bertz CT molecular complexity index is 712. The lowest BCUT2D eigenvalue weighted by molar-refractivity contribution is 0.667. The van der Waals surface area contributed by atoms with E-state index >= 15 is 0 Å². The first-order chi connectivity index (χ1) is 8.83. The van der Waals surface area contributed by atoms with Crippen molar-refractivity contribution in [1.29, 1.82) is 0 Å². The summed E-state index contributed by atoms with van der Waals surface area (Å²) >= 11 is 0. The molecule has 1 aliphatic rings. The van der Waals surface area contributed by atoms with Crippen LogP contribution >= 0.6 is 0 Å². The average molecular weight is 242 g/mol. The second kappa shape index (κ2) is 3.46. The van der Waals surface area contributed by atoms with E-state index < -0.39 is 0 Å². The van der Waals surface area contributed by atoms with Gasteiger partial charge in [-0.2, -0.15) is 0 Å². The number of nitrogens with two attached hydrogens (primary N) is 1. The number of nitrogens with one attached hydrogen (secondary N) is 1. The van der Waals surface area contributed by atoms with Gasteiger partial charge < -0.3 is 15.7 Å². The highest BCUT2D eigenvalue weighted by atomic mass is 15.6. The van der Waals surface area contributed by atoms with E-state index in [2.05, 4.69) is 24.6 Å². The molecule has 6 nitrogen and oxygen atoms in total. The molecule has 1 saturated heterocycles. The number of pyridine rings is 1. The molecule has 0 bridgehead atoms. The number of rotatable bonds is 1. The van der Waals surface area contributed by atoms with Crippen molar-refractivity contribution in [3.8, 4) is 0 Å². The molecule has 1 fully saturated rings. The highest BCUT2D eigenvalue weighted by molar-refractivity contribution is 6.01. The lowest BCUT2D eigenvalue weighted by Crippen LogP contribution is -2.34. The van der Waals surface area contributed by atoms with Gasteiger partial charge in [0.15, 0.2) is 0 Å². The molecule has 1 unspecified atom stereocenters. The Morgan fingerprint density at radius 1 is 1.39 bits per heavy atom. The first-order valence-electron chi connectivity index (χ1n) is 6.13. The summed E-state index contributed by atoms with van der Waals surface area (Å²) in [6, 6.07) is 2.30. The van der Waals surface area contributed by atoms with Crippen molar-refractivity contribution in [3.63, 3.8) is 0 Å². The largest absolute Gasteiger partial charge is 0.346 e. The van der Waals surface area contributed by atoms with Crippen LogP contribution in [0, 0.1) is 0 Å². The first-order valence-corrected chi connectivity index (χ1v) is 6.13. The minimum absolute atomic E-state index is 0.256. The highest BCUT2D eigenvalue weighted by Crippen LogP contribution is 2.23. The van der Waals surface area contributed by atoms with Gasteiger partial charge in [0, 0.05) is 30.7 Å². The molecule has 0 aromatic carbocycles.